The van der Waals surface area contributed by atoms with Crippen LogP contribution in [-0.4, -0.2) is 18.5 Å². The lowest BCUT2D eigenvalue weighted by molar-refractivity contribution is 0.0499. The average molecular weight is 578 g/mol. The van der Waals surface area contributed by atoms with Crippen LogP contribution in [0, 0.1) is 5.82 Å². The van der Waals surface area contributed by atoms with Crippen molar-refractivity contribution in [1.29, 1.82) is 0 Å². The SMILES string of the molecule is CCCCOC(=O)c1ccc(N2C(=O)c3oc4ccc(F)cc4c(=O)c3C2c2cccc(OCc3ccccc3)c2)cc1. The first-order valence-electron chi connectivity index (χ1n) is 14.1. The Morgan fingerprint density at radius 3 is 2.49 bits per heavy atom. The van der Waals surface area contributed by atoms with Gasteiger partial charge < -0.3 is 13.9 Å². The number of ether oxygens (including phenoxy) is 2. The lowest BCUT2D eigenvalue weighted by Gasteiger charge is -2.25. The molecule has 1 unspecified atom stereocenters. The molecule has 43 heavy (non-hydrogen) atoms. The normalized spacial score (nSPS) is 14.1. The Morgan fingerprint density at radius 2 is 1.72 bits per heavy atom. The van der Waals surface area contributed by atoms with Crippen LogP contribution in [0.4, 0.5) is 10.1 Å². The first kappa shape index (κ1) is 27.9. The summed E-state index contributed by atoms with van der Waals surface area (Å²) in [5, 5.41) is 0.0417. The summed E-state index contributed by atoms with van der Waals surface area (Å²) in [6, 6.07) is 26.0. The van der Waals surface area contributed by atoms with E-state index < -0.39 is 29.2 Å². The highest BCUT2D eigenvalue weighted by atomic mass is 19.1. The Labute approximate surface area is 247 Å². The fraction of sp³-hybridized carbons (Fsp3) is 0.171. The van der Waals surface area contributed by atoms with Crippen molar-refractivity contribution in [1.82, 2.24) is 0 Å². The van der Waals surface area contributed by atoms with Gasteiger partial charge in [-0.05, 0) is 72.1 Å². The van der Waals surface area contributed by atoms with Gasteiger partial charge in [0.2, 0.25) is 5.76 Å². The average Bonchev–Trinajstić information content (AvgIpc) is 3.33. The topological polar surface area (TPSA) is 86.0 Å². The second kappa shape index (κ2) is 11.9. The van der Waals surface area contributed by atoms with Crippen LogP contribution < -0.4 is 15.1 Å². The molecule has 0 spiro atoms. The Balaban J connectivity index is 1.42. The molecule has 2 heterocycles. The van der Waals surface area contributed by atoms with Crippen molar-refractivity contribution in [2.75, 3.05) is 11.5 Å². The smallest absolute Gasteiger partial charge is 0.338 e. The number of hydrogen-bond acceptors (Lipinski definition) is 6. The predicted octanol–water partition coefficient (Wildman–Crippen LogP) is 7.22. The Kier molecular flexibility index (Phi) is 7.75. The van der Waals surface area contributed by atoms with Gasteiger partial charge in [0, 0.05) is 5.69 Å². The minimum Gasteiger partial charge on any atom is -0.489 e. The zero-order valence-electron chi connectivity index (χ0n) is 23.4. The third-order valence-corrected chi connectivity index (χ3v) is 7.37. The van der Waals surface area contributed by atoms with Crippen LogP contribution in [0.3, 0.4) is 0 Å². The molecule has 1 aliphatic rings. The molecule has 216 valence electrons. The van der Waals surface area contributed by atoms with Crippen molar-refractivity contribution >= 4 is 28.5 Å². The molecule has 1 atom stereocenters. The van der Waals surface area contributed by atoms with E-state index in [1.165, 1.54) is 17.0 Å². The maximum atomic E-state index is 14.2. The molecular weight excluding hydrogens is 549 g/mol. The Bertz CT molecular complexity index is 1870. The van der Waals surface area contributed by atoms with E-state index in [1.54, 1.807) is 48.5 Å². The van der Waals surface area contributed by atoms with Crippen LogP contribution in [0.5, 0.6) is 5.75 Å². The lowest BCUT2D eigenvalue weighted by atomic mass is 9.98. The van der Waals surface area contributed by atoms with E-state index in [9.17, 15) is 18.8 Å². The number of fused-ring (bicyclic) bond motifs is 2. The molecule has 0 bridgehead atoms. The summed E-state index contributed by atoms with van der Waals surface area (Å²) in [4.78, 5) is 41.7. The molecule has 0 radical (unpaired) electrons. The molecule has 6 rings (SSSR count). The van der Waals surface area contributed by atoms with Crippen LogP contribution in [0.1, 0.15) is 63.4 Å². The highest BCUT2D eigenvalue weighted by Gasteiger charge is 2.44. The van der Waals surface area contributed by atoms with Crippen molar-refractivity contribution in [2.24, 2.45) is 0 Å². The van der Waals surface area contributed by atoms with E-state index in [4.69, 9.17) is 13.9 Å². The lowest BCUT2D eigenvalue weighted by Crippen LogP contribution is -2.29. The number of benzene rings is 4. The Morgan fingerprint density at radius 1 is 0.930 bits per heavy atom. The maximum Gasteiger partial charge on any atom is 0.338 e. The van der Waals surface area contributed by atoms with Crippen LogP contribution in [0.15, 0.2) is 106 Å². The molecule has 0 saturated carbocycles. The van der Waals surface area contributed by atoms with Crippen LogP contribution >= 0.6 is 0 Å². The van der Waals surface area contributed by atoms with E-state index in [0.29, 0.717) is 35.8 Å². The second-order valence-corrected chi connectivity index (χ2v) is 10.3. The van der Waals surface area contributed by atoms with E-state index >= 15 is 0 Å². The number of carbonyl (C=O) groups is 2. The molecule has 1 amide bonds. The van der Waals surface area contributed by atoms with Gasteiger partial charge in [-0.1, -0.05) is 55.8 Å². The first-order valence-corrected chi connectivity index (χ1v) is 14.1. The number of amides is 1. The largest absolute Gasteiger partial charge is 0.489 e. The number of halogens is 1. The van der Waals surface area contributed by atoms with Crippen molar-refractivity contribution < 1.29 is 27.9 Å². The van der Waals surface area contributed by atoms with E-state index in [-0.39, 0.29) is 22.3 Å². The number of anilines is 1. The Hall–Kier alpha value is -5.24. The third kappa shape index (κ3) is 5.51. The van der Waals surface area contributed by atoms with Crippen molar-refractivity contribution in [2.45, 2.75) is 32.4 Å². The quantitative estimate of drug-likeness (QED) is 0.136. The predicted molar refractivity (Wildman–Crippen MR) is 160 cm³/mol. The van der Waals surface area contributed by atoms with Gasteiger partial charge >= 0.3 is 5.97 Å². The second-order valence-electron chi connectivity index (χ2n) is 10.3. The molecule has 8 heteroatoms. The first-order chi connectivity index (χ1) is 20.9. The van der Waals surface area contributed by atoms with Crippen molar-refractivity contribution in [3.05, 3.63) is 141 Å². The highest BCUT2D eigenvalue weighted by molar-refractivity contribution is 6.10. The summed E-state index contributed by atoms with van der Waals surface area (Å²) in [6.45, 7) is 2.66. The van der Waals surface area contributed by atoms with E-state index in [2.05, 4.69) is 0 Å². The molecule has 7 nitrogen and oxygen atoms in total. The van der Waals surface area contributed by atoms with Crippen molar-refractivity contribution in [3.8, 4) is 5.75 Å². The van der Waals surface area contributed by atoms with Gasteiger partial charge in [-0.25, -0.2) is 9.18 Å². The molecule has 1 aromatic heterocycles. The molecule has 5 aromatic rings. The molecule has 0 saturated heterocycles. The molecule has 0 N–H and O–H groups in total. The maximum absolute atomic E-state index is 14.2. The monoisotopic (exact) mass is 577 g/mol. The fourth-order valence-corrected chi connectivity index (χ4v) is 5.19. The number of nitrogens with zero attached hydrogens (tertiary/aromatic N) is 1. The van der Waals surface area contributed by atoms with Crippen molar-refractivity contribution in [3.63, 3.8) is 0 Å². The summed E-state index contributed by atoms with van der Waals surface area (Å²) in [5.74, 6) is -1.15. The third-order valence-electron chi connectivity index (χ3n) is 7.37. The highest BCUT2D eigenvalue weighted by Crippen LogP contribution is 2.42. The van der Waals surface area contributed by atoms with Gasteiger partial charge in [0.15, 0.2) is 5.43 Å². The molecular formula is C35H28FNO6. The van der Waals surface area contributed by atoms with Gasteiger partial charge in [0.25, 0.3) is 5.91 Å². The number of rotatable bonds is 9. The van der Waals surface area contributed by atoms with Gasteiger partial charge in [-0.15, -0.1) is 0 Å². The van der Waals surface area contributed by atoms with Crippen LogP contribution in [0.2, 0.25) is 0 Å². The summed E-state index contributed by atoms with van der Waals surface area (Å²) >= 11 is 0. The number of carbonyl (C=O) groups excluding carboxylic acids is 2. The molecule has 4 aromatic carbocycles. The van der Waals surface area contributed by atoms with Gasteiger partial charge in [0.1, 0.15) is 23.8 Å². The minimum atomic E-state index is -0.894. The van der Waals surface area contributed by atoms with Gasteiger partial charge in [-0.3, -0.25) is 14.5 Å². The molecule has 0 aliphatic carbocycles. The molecule has 0 fully saturated rings. The van der Waals surface area contributed by atoms with Crippen LogP contribution in [0.25, 0.3) is 11.0 Å². The summed E-state index contributed by atoms with van der Waals surface area (Å²) in [6.07, 6.45) is 1.66. The number of hydrogen-bond donors (Lipinski definition) is 0. The minimum absolute atomic E-state index is 0.0417. The van der Waals surface area contributed by atoms with Crippen LogP contribution in [-0.2, 0) is 11.3 Å². The number of unbranched alkanes of at least 4 members (excludes halogenated alkanes) is 1. The summed E-state index contributed by atoms with van der Waals surface area (Å²) < 4.78 is 31.5. The van der Waals surface area contributed by atoms with E-state index in [1.807, 2.05) is 37.3 Å². The zero-order chi connectivity index (χ0) is 29.9. The standard InChI is InChI=1S/C35H28FNO6/c1-2-3-18-41-35(40)23-12-15-26(16-13-23)37-31(24-10-7-11-27(19-24)42-21-22-8-5-4-6-9-22)30-32(38)28-20-25(36)14-17-29(28)43-33(30)34(37)39/h4-17,19-20,31H,2-3,18,21H2,1H3. The number of esters is 1. The van der Waals surface area contributed by atoms with Gasteiger partial charge in [-0.2, -0.15) is 0 Å². The summed E-state index contributed by atoms with van der Waals surface area (Å²) in [5.41, 5.74) is 2.09. The zero-order valence-corrected chi connectivity index (χ0v) is 23.4. The van der Waals surface area contributed by atoms with Gasteiger partial charge in [0.05, 0.1) is 29.2 Å². The van der Waals surface area contributed by atoms with E-state index in [0.717, 1.165) is 24.5 Å². The molecule has 1 aliphatic heterocycles. The fourth-order valence-electron chi connectivity index (χ4n) is 5.19. The summed E-state index contributed by atoms with van der Waals surface area (Å²) in [7, 11) is 0.